The Morgan fingerprint density at radius 3 is 2.77 bits per heavy atom. The third kappa shape index (κ3) is 3.90. The molecule has 2 rings (SSSR count). The van der Waals surface area contributed by atoms with Crippen LogP contribution in [0.2, 0.25) is 0 Å². The largest absolute Gasteiger partial charge is 0.493 e. The first kappa shape index (κ1) is 16.1. The fourth-order valence-corrected chi connectivity index (χ4v) is 2.31. The van der Waals surface area contributed by atoms with Gasteiger partial charge in [0.1, 0.15) is 6.04 Å². The number of methoxy groups -OCH3 is 1. The lowest BCUT2D eigenvalue weighted by Crippen LogP contribution is -2.50. The Hall–Kier alpha value is -2.24. The van der Waals surface area contributed by atoms with Gasteiger partial charge in [-0.1, -0.05) is 0 Å². The lowest BCUT2D eigenvalue weighted by atomic mass is 10.1. The molecule has 2 amide bonds. The number of amides is 2. The molecule has 1 heterocycles. The van der Waals surface area contributed by atoms with E-state index in [1.54, 1.807) is 18.2 Å². The van der Waals surface area contributed by atoms with Crippen LogP contribution >= 0.6 is 0 Å². The highest BCUT2D eigenvalue weighted by Gasteiger charge is 2.24. The van der Waals surface area contributed by atoms with Gasteiger partial charge < -0.3 is 20.1 Å². The average Bonchev–Trinajstić information content (AvgIpc) is 2.49. The summed E-state index contributed by atoms with van der Waals surface area (Å²) in [7, 11) is 1.53. The van der Waals surface area contributed by atoms with Gasteiger partial charge in [-0.3, -0.25) is 9.59 Å². The summed E-state index contributed by atoms with van der Waals surface area (Å²) in [6, 6.07) is 4.51. The Morgan fingerprint density at radius 1 is 1.36 bits per heavy atom. The Labute approximate surface area is 130 Å². The van der Waals surface area contributed by atoms with Crippen molar-refractivity contribution < 1.29 is 19.1 Å². The van der Waals surface area contributed by atoms with Gasteiger partial charge in [0.2, 0.25) is 5.91 Å². The molecule has 1 aliphatic heterocycles. The minimum Gasteiger partial charge on any atom is -0.493 e. The molecule has 0 unspecified atom stereocenters. The lowest BCUT2D eigenvalue weighted by molar-refractivity contribution is -0.124. The van der Waals surface area contributed by atoms with Crippen molar-refractivity contribution in [3.63, 3.8) is 0 Å². The highest BCUT2D eigenvalue weighted by Crippen LogP contribution is 2.29. The van der Waals surface area contributed by atoms with Gasteiger partial charge in [-0.05, 0) is 44.9 Å². The summed E-state index contributed by atoms with van der Waals surface area (Å²) >= 11 is 0. The zero-order valence-electron chi connectivity index (χ0n) is 13.1. The molecule has 22 heavy (non-hydrogen) atoms. The van der Waals surface area contributed by atoms with E-state index in [2.05, 4.69) is 10.6 Å². The number of hydrogen-bond acceptors (Lipinski definition) is 4. The smallest absolute Gasteiger partial charge is 0.252 e. The number of benzene rings is 1. The van der Waals surface area contributed by atoms with Gasteiger partial charge in [-0.15, -0.1) is 0 Å². The fourth-order valence-electron chi connectivity index (χ4n) is 2.31. The van der Waals surface area contributed by atoms with Gasteiger partial charge in [0, 0.05) is 12.1 Å². The topological polar surface area (TPSA) is 76.7 Å². The summed E-state index contributed by atoms with van der Waals surface area (Å²) in [6.07, 6.45) is 1.53. The lowest BCUT2D eigenvalue weighted by Gasteiger charge is -2.23. The zero-order chi connectivity index (χ0) is 16.1. The Morgan fingerprint density at radius 2 is 2.14 bits per heavy atom. The second-order valence-corrected chi connectivity index (χ2v) is 5.49. The first-order valence-electron chi connectivity index (χ1n) is 7.44. The van der Waals surface area contributed by atoms with Crippen LogP contribution in [0, 0.1) is 0 Å². The van der Waals surface area contributed by atoms with Crippen LogP contribution in [-0.2, 0) is 4.79 Å². The molecule has 0 aliphatic carbocycles. The van der Waals surface area contributed by atoms with Crippen LogP contribution < -0.4 is 20.1 Å². The summed E-state index contributed by atoms with van der Waals surface area (Å²) in [5.74, 6) is 0.654. The Balaban J connectivity index is 2.10. The maximum Gasteiger partial charge on any atom is 0.252 e. The molecule has 6 heteroatoms. The Kier molecular flexibility index (Phi) is 5.25. The molecule has 0 aromatic heterocycles. The molecule has 1 atom stereocenters. The average molecular weight is 306 g/mol. The van der Waals surface area contributed by atoms with Gasteiger partial charge in [0.25, 0.3) is 5.91 Å². The number of rotatable bonds is 5. The second-order valence-electron chi connectivity index (χ2n) is 5.49. The molecular formula is C16H22N2O4. The number of nitrogens with one attached hydrogen (secondary N) is 2. The standard InChI is InChI=1S/C16H22N2O4/c1-10(2)22-13-7-6-11(9-14(13)21-3)15(19)18-12-5-4-8-17-16(12)20/h6-7,9-10,12H,4-5,8H2,1-3H3,(H,17,20)(H,18,19)/t12-/m0/s1. The number of carbonyl (C=O) groups is 2. The van der Waals surface area contributed by atoms with Gasteiger partial charge in [-0.2, -0.15) is 0 Å². The monoisotopic (exact) mass is 306 g/mol. The van der Waals surface area contributed by atoms with Crippen LogP contribution in [0.25, 0.3) is 0 Å². The van der Waals surface area contributed by atoms with E-state index in [1.807, 2.05) is 13.8 Å². The number of carbonyl (C=O) groups excluding carboxylic acids is 2. The van der Waals surface area contributed by atoms with Crippen molar-refractivity contribution in [1.29, 1.82) is 0 Å². The maximum absolute atomic E-state index is 12.3. The molecule has 0 bridgehead atoms. The molecule has 2 N–H and O–H groups in total. The molecule has 0 saturated carbocycles. The van der Waals surface area contributed by atoms with Crippen LogP contribution in [0.1, 0.15) is 37.0 Å². The first-order chi connectivity index (χ1) is 10.5. The normalized spacial score (nSPS) is 17.8. The van der Waals surface area contributed by atoms with Gasteiger partial charge >= 0.3 is 0 Å². The molecule has 6 nitrogen and oxygen atoms in total. The van der Waals surface area contributed by atoms with Gasteiger partial charge in [0.15, 0.2) is 11.5 Å². The summed E-state index contributed by atoms with van der Waals surface area (Å²) in [5.41, 5.74) is 0.436. The molecule has 1 aliphatic rings. The van der Waals surface area contributed by atoms with E-state index in [0.29, 0.717) is 30.0 Å². The SMILES string of the molecule is COc1cc(C(=O)N[C@H]2CCCNC2=O)ccc1OC(C)C. The quantitative estimate of drug-likeness (QED) is 0.864. The second kappa shape index (κ2) is 7.15. The van der Waals surface area contributed by atoms with E-state index in [1.165, 1.54) is 7.11 Å². The number of ether oxygens (including phenoxy) is 2. The molecule has 0 spiro atoms. The van der Waals surface area contributed by atoms with Crippen LogP contribution in [0.3, 0.4) is 0 Å². The van der Waals surface area contributed by atoms with E-state index >= 15 is 0 Å². The van der Waals surface area contributed by atoms with E-state index < -0.39 is 6.04 Å². The van der Waals surface area contributed by atoms with Crippen molar-refractivity contribution in [2.75, 3.05) is 13.7 Å². The highest BCUT2D eigenvalue weighted by molar-refractivity contribution is 5.98. The van der Waals surface area contributed by atoms with Crippen molar-refractivity contribution in [2.45, 2.75) is 38.8 Å². The zero-order valence-corrected chi connectivity index (χ0v) is 13.1. The van der Waals surface area contributed by atoms with E-state index in [4.69, 9.17) is 9.47 Å². The van der Waals surface area contributed by atoms with Crippen LogP contribution in [-0.4, -0.2) is 37.6 Å². The van der Waals surface area contributed by atoms with Crippen LogP contribution in [0.15, 0.2) is 18.2 Å². The van der Waals surface area contributed by atoms with Gasteiger partial charge in [0.05, 0.1) is 13.2 Å². The first-order valence-corrected chi connectivity index (χ1v) is 7.44. The molecule has 1 fully saturated rings. The van der Waals surface area contributed by atoms with Gasteiger partial charge in [-0.25, -0.2) is 0 Å². The van der Waals surface area contributed by atoms with E-state index in [-0.39, 0.29) is 17.9 Å². The number of piperidine rings is 1. The summed E-state index contributed by atoms with van der Waals surface area (Å²) in [6.45, 7) is 4.50. The summed E-state index contributed by atoms with van der Waals surface area (Å²) in [4.78, 5) is 24.0. The van der Waals surface area contributed by atoms with E-state index in [9.17, 15) is 9.59 Å². The molecule has 1 aromatic rings. The molecule has 120 valence electrons. The third-order valence-electron chi connectivity index (χ3n) is 3.38. The maximum atomic E-state index is 12.3. The Bertz CT molecular complexity index is 557. The molecular weight excluding hydrogens is 284 g/mol. The molecule has 1 saturated heterocycles. The molecule has 0 radical (unpaired) electrons. The third-order valence-corrected chi connectivity index (χ3v) is 3.38. The predicted molar refractivity (Wildman–Crippen MR) is 82.3 cm³/mol. The van der Waals surface area contributed by atoms with Crippen molar-refractivity contribution in [2.24, 2.45) is 0 Å². The van der Waals surface area contributed by atoms with Crippen molar-refractivity contribution >= 4 is 11.8 Å². The van der Waals surface area contributed by atoms with Crippen LogP contribution in [0.5, 0.6) is 11.5 Å². The summed E-state index contributed by atoms with van der Waals surface area (Å²) in [5, 5.41) is 5.49. The van der Waals surface area contributed by atoms with Crippen molar-refractivity contribution in [1.82, 2.24) is 10.6 Å². The van der Waals surface area contributed by atoms with Crippen LogP contribution in [0.4, 0.5) is 0 Å². The predicted octanol–water partition coefficient (Wildman–Crippen LogP) is 1.49. The minimum absolute atomic E-state index is 0.0134. The minimum atomic E-state index is -0.473. The fraction of sp³-hybridized carbons (Fsp3) is 0.500. The number of hydrogen-bond donors (Lipinski definition) is 2. The highest BCUT2D eigenvalue weighted by atomic mass is 16.5. The summed E-state index contributed by atoms with van der Waals surface area (Å²) < 4.78 is 10.9. The van der Waals surface area contributed by atoms with Crippen molar-refractivity contribution in [3.05, 3.63) is 23.8 Å². The van der Waals surface area contributed by atoms with E-state index in [0.717, 1.165) is 6.42 Å². The molecule has 1 aromatic carbocycles. The van der Waals surface area contributed by atoms with Crippen molar-refractivity contribution in [3.8, 4) is 11.5 Å².